The SMILES string of the molecule is COC(CNC(=O)Nc1cc(C)cc(C)c1)c1ccccc1C. The molecule has 0 saturated carbocycles. The van der Waals surface area contributed by atoms with E-state index in [1.54, 1.807) is 7.11 Å². The number of carbonyl (C=O) groups is 1. The maximum absolute atomic E-state index is 12.1. The molecule has 4 heteroatoms. The van der Waals surface area contributed by atoms with E-state index in [0.29, 0.717) is 6.54 Å². The van der Waals surface area contributed by atoms with E-state index < -0.39 is 0 Å². The molecule has 23 heavy (non-hydrogen) atoms. The first-order valence-corrected chi connectivity index (χ1v) is 7.71. The van der Waals surface area contributed by atoms with Gasteiger partial charge in [-0.25, -0.2) is 4.79 Å². The fraction of sp³-hybridized carbons (Fsp3) is 0.316. The molecule has 2 N–H and O–H groups in total. The van der Waals surface area contributed by atoms with E-state index in [4.69, 9.17) is 4.74 Å². The number of methoxy groups -OCH3 is 1. The van der Waals surface area contributed by atoms with E-state index in [2.05, 4.69) is 16.7 Å². The number of anilines is 1. The standard InChI is InChI=1S/C19H24N2O2/c1-13-9-14(2)11-16(10-13)21-19(22)20-12-18(23-4)17-8-6-5-7-15(17)3/h5-11,18H,12H2,1-4H3,(H2,20,21,22). The number of amides is 2. The molecular weight excluding hydrogens is 288 g/mol. The summed E-state index contributed by atoms with van der Waals surface area (Å²) < 4.78 is 5.51. The Bertz CT molecular complexity index is 663. The molecular formula is C19H24N2O2. The first-order valence-electron chi connectivity index (χ1n) is 7.71. The van der Waals surface area contributed by atoms with Gasteiger partial charge in [-0.05, 0) is 55.2 Å². The van der Waals surface area contributed by atoms with Crippen molar-refractivity contribution in [3.8, 4) is 0 Å². The van der Waals surface area contributed by atoms with Crippen LogP contribution in [0.2, 0.25) is 0 Å². The zero-order chi connectivity index (χ0) is 16.8. The second kappa shape index (κ2) is 7.79. The van der Waals surface area contributed by atoms with Crippen LogP contribution >= 0.6 is 0 Å². The molecule has 2 aromatic carbocycles. The zero-order valence-electron chi connectivity index (χ0n) is 14.1. The van der Waals surface area contributed by atoms with Gasteiger partial charge < -0.3 is 15.4 Å². The lowest BCUT2D eigenvalue weighted by molar-refractivity contribution is 0.104. The lowest BCUT2D eigenvalue weighted by Crippen LogP contribution is -2.33. The fourth-order valence-electron chi connectivity index (χ4n) is 2.68. The van der Waals surface area contributed by atoms with Crippen molar-refractivity contribution in [2.24, 2.45) is 0 Å². The Morgan fingerprint density at radius 3 is 2.35 bits per heavy atom. The maximum Gasteiger partial charge on any atom is 0.319 e. The highest BCUT2D eigenvalue weighted by Gasteiger charge is 2.14. The summed E-state index contributed by atoms with van der Waals surface area (Å²) in [5.41, 5.74) is 5.27. The number of urea groups is 1. The lowest BCUT2D eigenvalue weighted by Gasteiger charge is -2.19. The summed E-state index contributed by atoms with van der Waals surface area (Å²) >= 11 is 0. The molecule has 0 aliphatic carbocycles. The first-order chi connectivity index (χ1) is 11.0. The second-order valence-electron chi connectivity index (χ2n) is 5.79. The average molecular weight is 312 g/mol. The smallest absolute Gasteiger partial charge is 0.319 e. The quantitative estimate of drug-likeness (QED) is 0.872. The third-order valence-corrected chi connectivity index (χ3v) is 3.75. The van der Waals surface area contributed by atoms with Crippen LogP contribution in [0.1, 0.15) is 28.4 Å². The van der Waals surface area contributed by atoms with Crippen LogP contribution in [-0.2, 0) is 4.74 Å². The highest BCUT2D eigenvalue weighted by Crippen LogP contribution is 2.19. The summed E-state index contributed by atoms with van der Waals surface area (Å²) in [5, 5.41) is 5.74. The predicted octanol–water partition coefficient (Wildman–Crippen LogP) is 4.12. The van der Waals surface area contributed by atoms with Gasteiger partial charge in [0.05, 0.1) is 6.10 Å². The van der Waals surface area contributed by atoms with E-state index in [1.165, 1.54) is 0 Å². The fourth-order valence-corrected chi connectivity index (χ4v) is 2.68. The van der Waals surface area contributed by atoms with Crippen molar-refractivity contribution < 1.29 is 9.53 Å². The highest BCUT2D eigenvalue weighted by atomic mass is 16.5. The molecule has 1 atom stereocenters. The number of hydrogen-bond acceptors (Lipinski definition) is 2. The van der Waals surface area contributed by atoms with Gasteiger partial charge >= 0.3 is 6.03 Å². The molecule has 0 fully saturated rings. The molecule has 0 saturated heterocycles. The van der Waals surface area contributed by atoms with Crippen LogP contribution in [-0.4, -0.2) is 19.7 Å². The van der Waals surface area contributed by atoms with Crippen LogP contribution in [0.3, 0.4) is 0 Å². The van der Waals surface area contributed by atoms with Gasteiger partial charge in [-0.1, -0.05) is 30.3 Å². The number of ether oxygens (including phenoxy) is 1. The molecule has 2 amide bonds. The second-order valence-corrected chi connectivity index (χ2v) is 5.79. The van der Waals surface area contributed by atoms with Crippen molar-refractivity contribution in [3.63, 3.8) is 0 Å². The summed E-state index contributed by atoms with van der Waals surface area (Å²) in [6.07, 6.45) is -0.166. The minimum Gasteiger partial charge on any atom is -0.375 e. The minimum absolute atomic E-state index is 0.166. The number of carbonyl (C=O) groups excluding carboxylic acids is 1. The van der Waals surface area contributed by atoms with Crippen LogP contribution in [0.5, 0.6) is 0 Å². The number of aryl methyl sites for hydroxylation is 3. The summed E-state index contributed by atoms with van der Waals surface area (Å²) in [4.78, 5) is 12.1. The molecule has 122 valence electrons. The lowest BCUT2D eigenvalue weighted by atomic mass is 10.0. The number of hydrogen-bond donors (Lipinski definition) is 2. The summed E-state index contributed by atoms with van der Waals surface area (Å²) in [5.74, 6) is 0. The van der Waals surface area contributed by atoms with E-state index >= 15 is 0 Å². The van der Waals surface area contributed by atoms with Crippen molar-refractivity contribution in [1.29, 1.82) is 0 Å². The molecule has 4 nitrogen and oxygen atoms in total. The Hall–Kier alpha value is -2.33. The Kier molecular flexibility index (Phi) is 5.77. The number of rotatable bonds is 5. The Balaban J connectivity index is 1.96. The normalized spacial score (nSPS) is 11.8. The first kappa shape index (κ1) is 17.0. The van der Waals surface area contributed by atoms with Gasteiger partial charge in [0.15, 0.2) is 0 Å². The summed E-state index contributed by atoms with van der Waals surface area (Å²) in [6, 6.07) is 13.8. The predicted molar refractivity (Wildman–Crippen MR) is 93.9 cm³/mol. The van der Waals surface area contributed by atoms with Crippen LogP contribution in [0, 0.1) is 20.8 Å². The Labute approximate surface area is 137 Å². The molecule has 1 unspecified atom stereocenters. The van der Waals surface area contributed by atoms with E-state index in [-0.39, 0.29) is 12.1 Å². The van der Waals surface area contributed by atoms with Gasteiger partial charge in [0.25, 0.3) is 0 Å². The van der Waals surface area contributed by atoms with Gasteiger partial charge in [-0.15, -0.1) is 0 Å². The molecule has 0 aromatic heterocycles. The molecule has 0 radical (unpaired) electrons. The maximum atomic E-state index is 12.1. The molecule has 2 rings (SSSR count). The Morgan fingerprint density at radius 2 is 1.74 bits per heavy atom. The minimum atomic E-state index is -0.231. The van der Waals surface area contributed by atoms with Gasteiger partial charge in [0, 0.05) is 19.3 Å². The van der Waals surface area contributed by atoms with Crippen molar-refractivity contribution in [2.45, 2.75) is 26.9 Å². The molecule has 0 bridgehead atoms. The third-order valence-electron chi connectivity index (χ3n) is 3.75. The summed E-state index contributed by atoms with van der Waals surface area (Å²) in [6.45, 7) is 6.47. The van der Waals surface area contributed by atoms with Crippen LogP contribution in [0.4, 0.5) is 10.5 Å². The van der Waals surface area contributed by atoms with Crippen LogP contribution in [0.15, 0.2) is 42.5 Å². The van der Waals surface area contributed by atoms with E-state index in [9.17, 15) is 4.79 Å². The number of benzene rings is 2. The van der Waals surface area contributed by atoms with Gasteiger partial charge in [-0.3, -0.25) is 0 Å². The molecule has 0 aliphatic heterocycles. The molecule has 0 aliphatic rings. The van der Waals surface area contributed by atoms with Crippen LogP contribution in [0.25, 0.3) is 0 Å². The van der Waals surface area contributed by atoms with Gasteiger partial charge in [-0.2, -0.15) is 0 Å². The molecule has 0 spiro atoms. The van der Waals surface area contributed by atoms with E-state index in [1.807, 2.05) is 57.2 Å². The van der Waals surface area contributed by atoms with Crippen molar-refractivity contribution in [2.75, 3.05) is 19.0 Å². The third kappa shape index (κ3) is 4.83. The molecule has 2 aromatic rings. The number of nitrogens with one attached hydrogen (secondary N) is 2. The average Bonchev–Trinajstić information content (AvgIpc) is 2.48. The van der Waals surface area contributed by atoms with Gasteiger partial charge in [0.2, 0.25) is 0 Å². The van der Waals surface area contributed by atoms with Crippen molar-refractivity contribution in [3.05, 3.63) is 64.7 Å². The monoisotopic (exact) mass is 312 g/mol. The van der Waals surface area contributed by atoms with Crippen LogP contribution < -0.4 is 10.6 Å². The van der Waals surface area contributed by atoms with Crippen molar-refractivity contribution >= 4 is 11.7 Å². The largest absolute Gasteiger partial charge is 0.375 e. The zero-order valence-corrected chi connectivity index (χ0v) is 14.1. The Morgan fingerprint density at radius 1 is 1.09 bits per heavy atom. The van der Waals surface area contributed by atoms with E-state index in [0.717, 1.165) is 27.9 Å². The highest BCUT2D eigenvalue weighted by molar-refractivity contribution is 5.89. The molecule has 0 heterocycles. The summed E-state index contributed by atoms with van der Waals surface area (Å²) in [7, 11) is 1.65. The van der Waals surface area contributed by atoms with Gasteiger partial charge in [0.1, 0.15) is 0 Å². The van der Waals surface area contributed by atoms with Crippen molar-refractivity contribution in [1.82, 2.24) is 5.32 Å². The topological polar surface area (TPSA) is 50.4 Å².